The molecule has 4 nitrogen and oxygen atoms in total. The molecule has 5 heteroatoms. The molecule has 0 radical (unpaired) electrons. The minimum absolute atomic E-state index is 0.136. The number of hydrogen-bond acceptors (Lipinski definition) is 4. The van der Waals surface area contributed by atoms with E-state index in [1.165, 1.54) is 16.9 Å². The Labute approximate surface area is 139 Å². The second kappa shape index (κ2) is 6.62. The summed E-state index contributed by atoms with van der Waals surface area (Å²) in [4.78, 5) is 17.4. The van der Waals surface area contributed by atoms with Gasteiger partial charge in [0.2, 0.25) is 0 Å². The van der Waals surface area contributed by atoms with Crippen LogP contribution in [0.1, 0.15) is 20.9 Å². The lowest BCUT2D eigenvalue weighted by Gasteiger charge is -2.03. The van der Waals surface area contributed by atoms with Gasteiger partial charge in [-0.3, -0.25) is 4.79 Å². The number of amides is 1. The average Bonchev–Trinajstić information content (AvgIpc) is 2.89. The van der Waals surface area contributed by atoms with Crippen molar-refractivity contribution >= 4 is 33.8 Å². The van der Waals surface area contributed by atoms with Gasteiger partial charge in [-0.15, -0.1) is 0 Å². The first-order valence-corrected chi connectivity index (χ1v) is 8.11. The molecule has 0 atom stereocenters. The summed E-state index contributed by atoms with van der Waals surface area (Å²) in [5, 5.41) is 6.86. The third kappa shape index (κ3) is 3.76. The lowest BCUT2D eigenvalue weighted by Crippen LogP contribution is -2.11. The lowest BCUT2D eigenvalue weighted by molar-refractivity contribution is 0.103. The minimum Gasteiger partial charge on any atom is -0.332 e. The molecule has 0 spiro atoms. The number of para-hydroxylation sites is 1. The summed E-state index contributed by atoms with van der Waals surface area (Å²) in [5.74, 6) is -0.136. The number of carbonyl (C=O) groups is 1. The lowest BCUT2D eigenvalue weighted by atomic mass is 10.2. The van der Waals surface area contributed by atoms with Crippen molar-refractivity contribution in [2.75, 3.05) is 10.6 Å². The number of rotatable bonds is 4. The number of hydrogen-bond donors (Lipinski definition) is 2. The zero-order valence-electron chi connectivity index (χ0n) is 13.0. The number of nitrogens with one attached hydrogen (secondary N) is 2. The highest BCUT2D eigenvalue weighted by Gasteiger charge is 2.15. The third-order valence-corrected chi connectivity index (χ3v) is 4.38. The van der Waals surface area contributed by atoms with E-state index in [4.69, 9.17) is 0 Å². The number of aromatic nitrogens is 1. The van der Waals surface area contributed by atoms with Crippen LogP contribution >= 0.6 is 11.3 Å². The molecule has 1 aromatic heterocycles. The van der Waals surface area contributed by atoms with Crippen LogP contribution in [0.2, 0.25) is 0 Å². The Morgan fingerprint density at radius 2 is 1.74 bits per heavy atom. The second-order valence-corrected chi connectivity index (χ2v) is 6.25. The number of thiazole rings is 1. The van der Waals surface area contributed by atoms with Gasteiger partial charge in [-0.05, 0) is 43.7 Å². The topological polar surface area (TPSA) is 54.0 Å². The van der Waals surface area contributed by atoms with Gasteiger partial charge < -0.3 is 10.6 Å². The first kappa shape index (κ1) is 15.2. The van der Waals surface area contributed by atoms with E-state index in [0.717, 1.165) is 17.1 Å². The molecule has 0 bridgehead atoms. The highest BCUT2D eigenvalue weighted by Crippen LogP contribution is 2.26. The molecule has 0 saturated heterocycles. The number of nitrogens with zero attached hydrogens (tertiary/aromatic N) is 1. The highest BCUT2D eigenvalue weighted by molar-refractivity contribution is 7.17. The van der Waals surface area contributed by atoms with E-state index in [2.05, 4.69) is 15.6 Å². The molecule has 0 aliphatic rings. The van der Waals surface area contributed by atoms with Crippen LogP contribution in [-0.2, 0) is 0 Å². The van der Waals surface area contributed by atoms with E-state index < -0.39 is 0 Å². The molecule has 116 valence electrons. The quantitative estimate of drug-likeness (QED) is 0.728. The van der Waals surface area contributed by atoms with Crippen molar-refractivity contribution < 1.29 is 4.79 Å². The van der Waals surface area contributed by atoms with E-state index >= 15 is 0 Å². The fraction of sp³-hybridized carbons (Fsp3) is 0.111. The number of anilines is 3. The molecular weight excluding hydrogens is 306 g/mol. The molecule has 0 aliphatic heterocycles. The maximum absolute atomic E-state index is 12.4. The van der Waals surface area contributed by atoms with Crippen LogP contribution in [0.4, 0.5) is 16.5 Å². The van der Waals surface area contributed by atoms with Gasteiger partial charge in [0.15, 0.2) is 5.13 Å². The van der Waals surface area contributed by atoms with Crippen LogP contribution in [0.3, 0.4) is 0 Å². The minimum atomic E-state index is -0.136. The highest BCUT2D eigenvalue weighted by atomic mass is 32.1. The molecular formula is C18H17N3OS. The van der Waals surface area contributed by atoms with Gasteiger partial charge in [-0.1, -0.05) is 41.7 Å². The molecule has 23 heavy (non-hydrogen) atoms. The van der Waals surface area contributed by atoms with Crippen LogP contribution < -0.4 is 10.6 Å². The zero-order chi connectivity index (χ0) is 16.2. The summed E-state index contributed by atoms with van der Waals surface area (Å²) in [6.45, 7) is 3.88. The summed E-state index contributed by atoms with van der Waals surface area (Å²) in [6.07, 6.45) is 0. The molecule has 0 fully saturated rings. The maximum Gasteiger partial charge on any atom is 0.267 e. The van der Waals surface area contributed by atoms with Crippen molar-refractivity contribution in [1.82, 2.24) is 4.98 Å². The molecule has 1 heterocycles. The van der Waals surface area contributed by atoms with Crippen LogP contribution in [0.15, 0.2) is 54.6 Å². The van der Waals surface area contributed by atoms with E-state index in [1.807, 2.05) is 68.4 Å². The summed E-state index contributed by atoms with van der Waals surface area (Å²) < 4.78 is 0. The molecule has 1 amide bonds. The normalized spacial score (nSPS) is 10.3. The molecule has 3 rings (SSSR count). The van der Waals surface area contributed by atoms with E-state index in [-0.39, 0.29) is 5.91 Å². The van der Waals surface area contributed by atoms with Crippen LogP contribution in [0.5, 0.6) is 0 Å². The first-order chi connectivity index (χ1) is 11.1. The Bertz CT molecular complexity index is 827. The molecule has 0 unspecified atom stereocenters. The Morgan fingerprint density at radius 1 is 1.00 bits per heavy atom. The Kier molecular flexibility index (Phi) is 4.39. The monoisotopic (exact) mass is 323 g/mol. The van der Waals surface area contributed by atoms with Gasteiger partial charge in [-0.2, -0.15) is 0 Å². The van der Waals surface area contributed by atoms with Crippen LogP contribution in [-0.4, -0.2) is 10.9 Å². The molecule has 0 saturated carbocycles. The van der Waals surface area contributed by atoms with Gasteiger partial charge in [0, 0.05) is 11.4 Å². The molecule has 0 aliphatic carbocycles. The number of carbonyl (C=O) groups excluding carboxylic acids is 1. The van der Waals surface area contributed by atoms with Crippen molar-refractivity contribution in [3.05, 3.63) is 70.7 Å². The van der Waals surface area contributed by atoms with Gasteiger partial charge >= 0.3 is 0 Å². The summed E-state index contributed by atoms with van der Waals surface area (Å²) in [7, 11) is 0. The van der Waals surface area contributed by atoms with Gasteiger partial charge in [0.1, 0.15) is 4.88 Å². The van der Waals surface area contributed by atoms with E-state index in [9.17, 15) is 4.79 Å². The van der Waals surface area contributed by atoms with Crippen molar-refractivity contribution in [2.24, 2.45) is 0 Å². The van der Waals surface area contributed by atoms with Gasteiger partial charge in [0.05, 0.1) is 5.69 Å². The Morgan fingerprint density at radius 3 is 2.48 bits per heavy atom. The fourth-order valence-corrected chi connectivity index (χ4v) is 3.10. The SMILES string of the molecule is Cc1cccc(Nc2nc(C)c(C(=O)Nc3ccccc3)s2)c1. The largest absolute Gasteiger partial charge is 0.332 e. The van der Waals surface area contributed by atoms with Crippen LogP contribution in [0, 0.1) is 13.8 Å². The van der Waals surface area contributed by atoms with Crippen molar-refractivity contribution in [2.45, 2.75) is 13.8 Å². The van der Waals surface area contributed by atoms with Crippen LogP contribution in [0.25, 0.3) is 0 Å². The zero-order valence-corrected chi connectivity index (χ0v) is 13.8. The van der Waals surface area contributed by atoms with Gasteiger partial charge in [0.25, 0.3) is 5.91 Å². The van der Waals surface area contributed by atoms with Crippen molar-refractivity contribution in [3.63, 3.8) is 0 Å². The predicted molar refractivity (Wildman–Crippen MR) is 95.7 cm³/mol. The van der Waals surface area contributed by atoms with Gasteiger partial charge in [-0.25, -0.2) is 4.98 Å². The summed E-state index contributed by atoms with van der Waals surface area (Å²) >= 11 is 1.35. The number of aryl methyl sites for hydroxylation is 2. The molecule has 3 aromatic rings. The average molecular weight is 323 g/mol. The fourth-order valence-electron chi connectivity index (χ4n) is 2.22. The number of benzene rings is 2. The summed E-state index contributed by atoms with van der Waals surface area (Å²) in [5.41, 5.74) is 3.64. The molecule has 2 N–H and O–H groups in total. The second-order valence-electron chi connectivity index (χ2n) is 5.25. The molecule has 2 aromatic carbocycles. The standard InChI is InChI=1S/C18H17N3OS/c1-12-7-6-10-15(11-12)21-18-19-13(2)16(23-18)17(22)20-14-8-4-3-5-9-14/h3-11H,1-2H3,(H,19,21)(H,20,22). The van der Waals surface area contributed by atoms with E-state index in [0.29, 0.717) is 10.0 Å². The Balaban J connectivity index is 1.76. The van der Waals surface area contributed by atoms with Crippen molar-refractivity contribution in [3.8, 4) is 0 Å². The smallest absolute Gasteiger partial charge is 0.267 e. The predicted octanol–water partition coefficient (Wildman–Crippen LogP) is 4.76. The maximum atomic E-state index is 12.4. The first-order valence-electron chi connectivity index (χ1n) is 7.29. The Hall–Kier alpha value is -2.66. The van der Waals surface area contributed by atoms with Crippen molar-refractivity contribution in [1.29, 1.82) is 0 Å². The third-order valence-electron chi connectivity index (χ3n) is 3.30. The summed E-state index contributed by atoms with van der Waals surface area (Å²) in [6, 6.07) is 17.5. The van der Waals surface area contributed by atoms with E-state index in [1.54, 1.807) is 0 Å².